The van der Waals surface area contributed by atoms with Crippen molar-refractivity contribution in [2.75, 3.05) is 0 Å². The van der Waals surface area contributed by atoms with Crippen molar-refractivity contribution in [1.29, 1.82) is 0 Å². The molecule has 0 atom stereocenters. The molecule has 1 aliphatic rings. The first-order valence-electron chi connectivity index (χ1n) is 5.70. The van der Waals surface area contributed by atoms with Crippen molar-refractivity contribution in [1.82, 2.24) is 0 Å². The highest BCUT2D eigenvalue weighted by Gasteiger charge is 2.20. The Hall–Kier alpha value is -2.28. The minimum absolute atomic E-state index is 0.335. The summed E-state index contributed by atoms with van der Waals surface area (Å²) in [6.07, 6.45) is 0. The third-order valence-corrected chi connectivity index (χ3v) is 3.47. The van der Waals surface area contributed by atoms with Gasteiger partial charge in [-0.15, -0.1) is 0 Å². The number of rotatable bonds is 0. The van der Waals surface area contributed by atoms with E-state index in [1.165, 1.54) is 22.1 Å². The predicted molar refractivity (Wildman–Crippen MR) is 70.0 cm³/mol. The first-order valence-corrected chi connectivity index (χ1v) is 5.70. The van der Waals surface area contributed by atoms with Crippen LogP contribution in [0, 0.1) is 0 Å². The van der Waals surface area contributed by atoms with Crippen molar-refractivity contribution in [2.24, 2.45) is 0 Å². The third kappa shape index (κ3) is 1.03. The summed E-state index contributed by atoms with van der Waals surface area (Å²) in [7, 11) is 0. The molecular formula is C16H10O. The number of benzene rings is 3. The summed E-state index contributed by atoms with van der Waals surface area (Å²) in [4.78, 5) is 0. The molecule has 1 heteroatoms. The Balaban J connectivity index is 2.30. The lowest BCUT2D eigenvalue weighted by Crippen LogP contribution is -1.75. The Labute approximate surface area is 99.0 Å². The standard InChI is InChI=1S/C16H10O/c17-11-8-10-4-3-7-14-12-5-1-2-6-13(12)15(9-11)16(10)14/h1-9,17H. The van der Waals surface area contributed by atoms with Crippen molar-refractivity contribution in [2.45, 2.75) is 0 Å². The Bertz CT molecular complexity index is 757. The van der Waals surface area contributed by atoms with Gasteiger partial charge in [0.25, 0.3) is 0 Å². The molecule has 0 unspecified atom stereocenters. The Morgan fingerprint density at radius 1 is 0.647 bits per heavy atom. The van der Waals surface area contributed by atoms with E-state index in [4.69, 9.17) is 0 Å². The molecule has 80 valence electrons. The van der Waals surface area contributed by atoms with Crippen LogP contribution in [0.25, 0.3) is 33.0 Å². The first kappa shape index (κ1) is 8.82. The van der Waals surface area contributed by atoms with Gasteiger partial charge in [-0.2, -0.15) is 0 Å². The molecule has 17 heavy (non-hydrogen) atoms. The Kier molecular flexibility index (Phi) is 1.50. The first-order chi connectivity index (χ1) is 8.34. The second kappa shape index (κ2) is 2.89. The van der Waals surface area contributed by atoms with E-state index in [9.17, 15) is 5.11 Å². The maximum Gasteiger partial charge on any atom is 0.116 e. The molecule has 3 aromatic carbocycles. The number of fused-ring (bicyclic) bond motifs is 3. The molecule has 0 saturated carbocycles. The van der Waals surface area contributed by atoms with Crippen molar-refractivity contribution in [3.63, 3.8) is 0 Å². The van der Waals surface area contributed by atoms with E-state index in [0.717, 1.165) is 10.9 Å². The fraction of sp³-hybridized carbons (Fsp3) is 0. The fourth-order valence-corrected chi connectivity index (χ4v) is 2.80. The SMILES string of the molecule is Oc1cc2c3c(cccc3c1)-c1ccccc1-2. The number of hydrogen-bond acceptors (Lipinski definition) is 1. The van der Waals surface area contributed by atoms with Crippen molar-refractivity contribution in [3.8, 4) is 28.0 Å². The van der Waals surface area contributed by atoms with Gasteiger partial charge in [0, 0.05) is 0 Å². The molecule has 0 fully saturated rings. The molecule has 4 rings (SSSR count). The number of phenolic OH excluding ortho intramolecular Hbond substituents is 1. The van der Waals surface area contributed by atoms with E-state index in [-0.39, 0.29) is 0 Å². The van der Waals surface area contributed by atoms with Gasteiger partial charge in [0.15, 0.2) is 0 Å². The van der Waals surface area contributed by atoms with Gasteiger partial charge in [0.05, 0.1) is 0 Å². The van der Waals surface area contributed by atoms with Crippen molar-refractivity contribution >= 4 is 10.8 Å². The lowest BCUT2D eigenvalue weighted by atomic mass is 10.0. The molecule has 0 bridgehead atoms. The number of aromatic hydroxyl groups is 1. The van der Waals surface area contributed by atoms with E-state index >= 15 is 0 Å². The molecule has 0 aliphatic heterocycles. The van der Waals surface area contributed by atoms with Crippen LogP contribution in [-0.4, -0.2) is 5.11 Å². The Morgan fingerprint density at radius 3 is 2.18 bits per heavy atom. The monoisotopic (exact) mass is 218 g/mol. The summed E-state index contributed by atoms with van der Waals surface area (Å²) in [5.41, 5.74) is 4.90. The average Bonchev–Trinajstić information content (AvgIpc) is 2.67. The maximum atomic E-state index is 9.79. The predicted octanol–water partition coefficient (Wildman–Crippen LogP) is 4.19. The minimum Gasteiger partial charge on any atom is -0.508 e. The maximum absolute atomic E-state index is 9.79. The second-order valence-electron chi connectivity index (χ2n) is 4.44. The highest BCUT2D eigenvalue weighted by atomic mass is 16.3. The lowest BCUT2D eigenvalue weighted by molar-refractivity contribution is 0.476. The molecular weight excluding hydrogens is 208 g/mol. The van der Waals surface area contributed by atoms with Gasteiger partial charge in [-0.25, -0.2) is 0 Å². The summed E-state index contributed by atoms with van der Waals surface area (Å²) in [6, 6.07) is 18.3. The molecule has 0 saturated heterocycles. The summed E-state index contributed by atoms with van der Waals surface area (Å²) in [5.74, 6) is 0.335. The molecule has 0 spiro atoms. The lowest BCUT2D eigenvalue weighted by Gasteiger charge is -2.02. The zero-order chi connectivity index (χ0) is 11.4. The van der Waals surface area contributed by atoms with E-state index in [1.54, 1.807) is 0 Å². The van der Waals surface area contributed by atoms with Crippen LogP contribution in [-0.2, 0) is 0 Å². The van der Waals surface area contributed by atoms with Crippen molar-refractivity contribution < 1.29 is 5.11 Å². The van der Waals surface area contributed by atoms with Gasteiger partial charge >= 0.3 is 0 Å². The molecule has 1 N–H and O–H groups in total. The van der Waals surface area contributed by atoms with E-state index < -0.39 is 0 Å². The van der Waals surface area contributed by atoms with Crippen LogP contribution in [0.1, 0.15) is 0 Å². The van der Waals surface area contributed by atoms with Crippen LogP contribution >= 0.6 is 0 Å². The van der Waals surface area contributed by atoms with Crippen LogP contribution in [0.4, 0.5) is 0 Å². The topological polar surface area (TPSA) is 20.2 Å². The highest BCUT2D eigenvalue weighted by molar-refractivity contribution is 6.15. The fourth-order valence-electron chi connectivity index (χ4n) is 2.80. The van der Waals surface area contributed by atoms with Crippen LogP contribution in [0.2, 0.25) is 0 Å². The Morgan fingerprint density at radius 2 is 1.35 bits per heavy atom. The van der Waals surface area contributed by atoms with Crippen LogP contribution < -0.4 is 0 Å². The minimum atomic E-state index is 0.335. The van der Waals surface area contributed by atoms with Crippen molar-refractivity contribution in [3.05, 3.63) is 54.6 Å². The molecule has 1 nitrogen and oxygen atoms in total. The van der Waals surface area contributed by atoms with Gasteiger partial charge in [0.1, 0.15) is 5.75 Å². The molecule has 3 aromatic rings. The third-order valence-electron chi connectivity index (χ3n) is 3.47. The van der Waals surface area contributed by atoms with E-state index in [1.807, 2.05) is 30.3 Å². The number of hydrogen-bond donors (Lipinski definition) is 1. The molecule has 0 aromatic heterocycles. The highest BCUT2D eigenvalue weighted by Crippen LogP contribution is 2.48. The summed E-state index contributed by atoms with van der Waals surface area (Å²) in [6.45, 7) is 0. The van der Waals surface area contributed by atoms with Gasteiger partial charge in [-0.05, 0) is 45.2 Å². The van der Waals surface area contributed by atoms with E-state index in [0.29, 0.717) is 5.75 Å². The van der Waals surface area contributed by atoms with Crippen LogP contribution in [0.5, 0.6) is 5.75 Å². The van der Waals surface area contributed by atoms with Crippen LogP contribution in [0.15, 0.2) is 54.6 Å². The van der Waals surface area contributed by atoms with Gasteiger partial charge in [-0.1, -0.05) is 42.5 Å². The summed E-state index contributed by atoms with van der Waals surface area (Å²) in [5, 5.41) is 12.2. The zero-order valence-corrected chi connectivity index (χ0v) is 9.14. The zero-order valence-electron chi connectivity index (χ0n) is 9.14. The molecule has 0 heterocycles. The number of phenols is 1. The average molecular weight is 218 g/mol. The van der Waals surface area contributed by atoms with Crippen LogP contribution in [0.3, 0.4) is 0 Å². The van der Waals surface area contributed by atoms with E-state index in [2.05, 4.69) is 24.3 Å². The van der Waals surface area contributed by atoms with Gasteiger partial charge < -0.3 is 5.11 Å². The summed E-state index contributed by atoms with van der Waals surface area (Å²) < 4.78 is 0. The summed E-state index contributed by atoms with van der Waals surface area (Å²) >= 11 is 0. The quantitative estimate of drug-likeness (QED) is 0.469. The normalized spacial score (nSPS) is 11.8. The van der Waals surface area contributed by atoms with Gasteiger partial charge in [-0.3, -0.25) is 0 Å². The molecule has 0 radical (unpaired) electrons. The largest absolute Gasteiger partial charge is 0.508 e. The molecule has 1 aliphatic carbocycles. The molecule has 0 amide bonds. The van der Waals surface area contributed by atoms with Gasteiger partial charge in [0.2, 0.25) is 0 Å². The smallest absolute Gasteiger partial charge is 0.116 e. The second-order valence-corrected chi connectivity index (χ2v) is 4.44.